The minimum atomic E-state index is -2.53. The molecule has 14 atom stereocenters. The lowest BCUT2D eigenvalue weighted by Crippen LogP contribution is -2.64. The molecule has 3 aliphatic rings. The normalized spacial score (nSPS) is 24.5. The van der Waals surface area contributed by atoms with Gasteiger partial charge in [-0.1, -0.05) is 82.2 Å². The van der Waals surface area contributed by atoms with E-state index in [2.05, 4.69) is 46.2 Å². The molecule has 1 aromatic heterocycles. The number of ether oxygens (including phenoxy) is 2. The topological polar surface area (TPSA) is 483 Å². The van der Waals surface area contributed by atoms with Crippen molar-refractivity contribution < 1.29 is 107 Å². The van der Waals surface area contributed by atoms with Crippen molar-refractivity contribution in [2.75, 3.05) is 40.0 Å². The highest BCUT2D eigenvalue weighted by Crippen LogP contribution is 2.35. The van der Waals surface area contributed by atoms with Gasteiger partial charge in [-0.15, -0.1) is 10.2 Å². The third-order valence-electron chi connectivity index (χ3n) is 16.1. The van der Waals surface area contributed by atoms with Crippen molar-refractivity contribution in [3.63, 3.8) is 0 Å². The number of aliphatic hydroxyl groups is 7. The lowest BCUT2D eigenvalue weighted by atomic mass is 9.96. The zero-order chi connectivity index (χ0) is 68.8. The minimum Gasteiger partial charge on any atom is -0.504 e. The number of nitrogens with one attached hydrogen (secondary N) is 5. The van der Waals surface area contributed by atoms with Crippen molar-refractivity contribution in [2.45, 2.75) is 125 Å². The number of hydrogen-bond acceptors (Lipinski definition) is 26. The molecule has 0 bridgehead atoms. The quantitative estimate of drug-likeness (QED) is 0.0166. The van der Waals surface area contributed by atoms with Crippen LogP contribution in [0.4, 0.5) is 0 Å². The van der Waals surface area contributed by atoms with Gasteiger partial charge in [0.15, 0.2) is 11.5 Å². The van der Waals surface area contributed by atoms with Crippen LogP contribution >= 0.6 is 23.7 Å². The fraction of sp³-hybridized carbons (Fsp3) is 0.443. The number of unbranched alkanes of at least 4 members (excludes halogenated alkanes) is 1. The number of carbonyl (C=O) groups excluding carboxylic acids is 8. The van der Waals surface area contributed by atoms with Gasteiger partial charge in [0.1, 0.15) is 64.2 Å². The SMILES string of the molecule is COCCCCOc1ccc(-c2ccc(-c3nnc(-c4ccc(C(=O)N[C@H]5CC(O)CNC(=O)C6C(O)C(C)CN6C(=O)C(C(O)CC(N)=O)NC(=O)C(C(O)C(O)c6ccc(O)c(OSOOO)c6)NC(=O)C6CC(O)CN6C(=O)C(C(C)O)NC5=O)cc4)s3)cc2)cc1. The Morgan fingerprint density at radius 1 is 0.737 bits per heavy atom. The number of aromatic hydroxyl groups is 1. The second-order valence-corrected chi connectivity index (χ2v) is 24.4. The van der Waals surface area contributed by atoms with Gasteiger partial charge >= 0.3 is 0 Å². The fourth-order valence-electron chi connectivity index (χ4n) is 11.0. The molecule has 34 heteroatoms. The molecule has 5 aromatic rings. The van der Waals surface area contributed by atoms with E-state index in [4.69, 9.17) is 24.6 Å². The van der Waals surface area contributed by atoms with Crippen LogP contribution in [-0.4, -0.2) is 226 Å². The molecular formula is C61H74N10O22S2. The molecule has 32 nitrogen and oxygen atoms in total. The number of β-amino-alcohol motifs (C(OH)–C–C–N with tert-alkyl or cyclic N) is 1. The van der Waals surface area contributed by atoms with Crippen molar-refractivity contribution in [1.29, 1.82) is 0 Å². The average molecular weight is 1360 g/mol. The van der Waals surface area contributed by atoms with Crippen LogP contribution in [0.2, 0.25) is 0 Å². The van der Waals surface area contributed by atoms with Gasteiger partial charge in [-0.2, -0.15) is 0 Å². The molecule has 0 radical (unpaired) electrons. The van der Waals surface area contributed by atoms with Gasteiger partial charge in [0.05, 0.1) is 43.5 Å². The first-order chi connectivity index (χ1) is 45.4. The number of primary amides is 1. The van der Waals surface area contributed by atoms with Crippen LogP contribution in [0.3, 0.4) is 0 Å². The summed E-state index contributed by atoms with van der Waals surface area (Å²) in [7, 11) is 1.66. The summed E-state index contributed by atoms with van der Waals surface area (Å²) in [6.07, 6.45) is -14.4. The Hall–Kier alpha value is -8.49. The third-order valence-corrected chi connectivity index (χ3v) is 17.5. The molecule has 16 N–H and O–H groups in total. The maximum Gasteiger partial charge on any atom is 0.261 e. The fourth-order valence-corrected chi connectivity index (χ4v) is 12.1. The van der Waals surface area contributed by atoms with Crippen molar-refractivity contribution in [3.05, 3.63) is 102 Å². The number of benzene rings is 4. The largest absolute Gasteiger partial charge is 0.504 e. The first-order valence-electron chi connectivity index (χ1n) is 29.9. The number of amides is 8. The van der Waals surface area contributed by atoms with Crippen LogP contribution in [0.15, 0.2) is 91.0 Å². The first-order valence-corrected chi connectivity index (χ1v) is 31.4. The van der Waals surface area contributed by atoms with Crippen molar-refractivity contribution in [2.24, 2.45) is 11.7 Å². The number of aliphatic hydroxyl groups excluding tert-OH is 7. The van der Waals surface area contributed by atoms with Gasteiger partial charge in [-0.25, -0.2) is 5.26 Å². The molecule has 95 heavy (non-hydrogen) atoms. The molecule has 13 unspecified atom stereocenters. The van der Waals surface area contributed by atoms with Gasteiger partial charge in [0.2, 0.25) is 41.4 Å². The average Bonchev–Trinajstić information content (AvgIpc) is 1.72. The molecular weight excluding hydrogens is 1290 g/mol. The summed E-state index contributed by atoms with van der Waals surface area (Å²) < 4.78 is 20.1. The van der Waals surface area contributed by atoms with Gasteiger partial charge < -0.3 is 96.6 Å². The monoisotopic (exact) mass is 1360 g/mol. The Kier molecular flexibility index (Phi) is 25.3. The van der Waals surface area contributed by atoms with E-state index in [0.717, 1.165) is 70.2 Å². The molecule has 0 aliphatic carbocycles. The van der Waals surface area contributed by atoms with Gasteiger partial charge in [0.25, 0.3) is 18.2 Å². The molecule has 512 valence electrons. The number of nitrogens with zero attached hydrogens (tertiary/aromatic N) is 4. The summed E-state index contributed by atoms with van der Waals surface area (Å²) in [5.41, 5.74) is 8.32. The summed E-state index contributed by atoms with van der Waals surface area (Å²) in [6, 6.07) is 12.1. The van der Waals surface area contributed by atoms with Gasteiger partial charge in [-0.05, 0) is 72.9 Å². The second kappa shape index (κ2) is 33.3. The van der Waals surface area contributed by atoms with Gasteiger partial charge in [-0.3, -0.25) is 38.4 Å². The molecule has 4 aromatic carbocycles. The molecule has 3 saturated heterocycles. The highest BCUT2D eigenvalue weighted by Gasteiger charge is 2.50. The van der Waals surface area contributed by atoms with Crippen LogP contribution in [0.1, 0.15) is 68.0 Å². The standard InChI is InChI=1S/C61H74N10O22S2/c1-29-27-71-49(50(29)78)57(85)63-26-37(73)23-40(64-53(81)33-8-12-35(13-9-33)59-69-68-58(94-59)34-10-6-31(7-11-34)32-14-17-39(18-15-32)90-21-5-4-20-89-3)54(82)65-46(30(2)72)60(86)70-28-38(74)24-41(70)55(83)67-48(56(84)66-47(61(71)87)43(76)25-45(62)77)52(80)51(79)36-16-19-42(75)44(22-36)91-95-93-92-88/h6-19,22,29-30,37-38,40-41,43,46-52,72-76,78-80,88H,4-5,20-21,23-28H2,1-3H3,(H2,62,77)(H,63,85)(H,64,81)(H,65,82)(H,66,84)(H,67,83)/t29?,30?,37?,38?,40-,41?,43?,46?,47?,48?,49?,50?,51?,52?/m0/s1. The van der Waals surface area contributed by atoms with Crippen LogP contribution in [0.5, 0.6) is 17.2 Å². The number of phenolic OH excluding ortho intramolecular Hbond substituents is 1. The van der Waals surface area contributed by atoms with E-state index < -0.39 is 183 Å². The lowest BCUT2D eigenvalue weighted by molar-refractivity contribution is -0.433. The second-order valence-electron chi connectivity index (χ2n) is 23.0. The molecule has 3 aliphatic heterocycles. The van der Waals surface area contributed by atoms with Crippen LogP contribution < -0.4 is 41.2 Å². The maximum atomic E-state index is 14.7. The Labute approximate surface area is 550 Å². The van der Waals surface area contributed by atoms with E-state index >= 15 is 0 Å². The number of aromatic nitrogens is 2. The zero-order valence-electron chi connectivity index (χ0n) is 51.3. The van der Waals surface area contributed by atoms with Gasteiger partial charge in [0, 0.05) is 68.8 Å². The van der Waals surface area contributed by atoms with E-state index in [1.54, 1.807) is 19.2 Å². The van der Waals surface area contributed by atoms with E-state index in [0.29, 0.717) is 28.8 Å². The predicted octanol–water partition coefficient (Wildman–Crippen LogP) is -1.27. The molecule has 3 fully saturated rings. The lowest BCUT2D eigenvalue weighted by Gasteiger charge is -2.34. The van der Waals surface area contributed by atoms with Crippen LogP contribution in [-0.2, 0) is 47.7 Å². The number of carbonyl (C=O) groups is 8. The smallest absolute Gasteiger partial charge is 0.261 e. The number of nitrogens with two attached hydrogens (primary N) is 1. The zero-order valence-corrected chi connectivity index (χ0v) is 53.0. The summed E-state index contributed by atoms with van der Waals surface area (Å²) in [6.45, 7) is 1.92. The number of hydrogen-bond donors (Lipinski definition) is 15. The summed E-state index contributed by atoms with van der Waals surface area (Å²) in [5, 5.41) is 124. The minimum absolute atomic E-state index is 0.0187. The van der Waals surface area contributed by atoms with E-state index in [1.165, 1.54) is 30.4 Å². The number of rotatable bonds is 22. The molecule has 4 heterocycles. The summed E-state index contributed by atoms with van der Waals surface area (Å²) in [4.78, 5) is 115. The number of fused-ring (bicyclic) bond motifs is 2. The van der Waals surface area contributed by atoms with Crippen molar-refractivity contribution in [3.8, 4) is 49.5 Å². The summed E-state index contributed by atoms with van der Waals surface area (Å²) >= 11 is 1.26. The highest BCUT2D eigenvalue weighted by molar-refractivity contribution is 7.90. The van der Waals surface area contributed by atoms with Crippen molar-refractivity contribution >= 4 is 70.9 Å². The molecule has 0 spiro atoms. The first kappa shape index (κ1) is 72.3. The predicted molar refractivity (Wildman–Crippen MR) is 334 cm³/mol. The molecule has 0 saturated carbocycles. The number of phenols is 1. The Morgan fingerprint density at radius 2 is 1.34 bits per heavy atom. The van der Waals surface area contributed by atoms with Crippen LogP contribution in [0.25, 0.3) is 32.3 Å². The number of methoxy groups -OCH3 is 1. The summed E-state index contributed by atoms with van der Waals surface area (Å²) in [5.74, 6) is -11.2. The van der Waals surface area contributed by atoms with E-state index in [9.17, 15) is 79.2 Å². The Bertz CT molecular complexity index is 3500. The third kappa shape index (κ3) is 18.3. The van der Waals surface area contributed by atoms with E-state index in [1.807, 2.05) is 48.5 Å². The van der Waals surface area contributed by atoms with Crippen LogP contribution in [0, 0.1) is 5.92 Å². The van der Waals surface area contributed by atoms with E-state index in [-0.39, 0.29) is 23.5 Å². The highest BCUT2D eigenvalue weighted by atomic mass is 32.2. The molecule has 8 amide bonds. The Balaban J connectivity index is 1.06. The van der Waals surface area contributed by atoms with Crippen molar-refractivity contribution in [1.82, 2.24) is 46.6 Å². The molecule has 8 rings (SSSR count). The maximum absolute atomic E-state index is 14.7. The Morgan fingerprint density at radius 3 is 1.97 bits per heavy atom.